The maximum absolute atomic E-state index is 11.4. The highest BCUT2D eigenvalue weighted by atomic mass is 79.9. The van der Waals surface area contributed by atoms with E-state index in [0.29, 0.717) is 0 Å². The van der Waals surface area contributed by atoms with Crippen molar-refractivity contribution in [1.82, 2.24) is 10.2 Å². The van der Waals surface area contributed by atoms with Gasteiger partial charge < -0.3 is 10.5 Å². The van der Waals surface area contributed by atoms with Crippen molar-refractivity contribution in [2.75, 3.05) is 7.11 Å². The number of H-pyrrole nitrogens is 1. The molecule has 1 aromatic rings. The van der Waals surface area contributed by atoms with Crippen LogP contribution in [0.1, 0.15) is 18.5 Å². The zero-order valence-electron chi connectivity index (χ0n) is 8.29. The predicted molar refractivity (Wildman–Crippen MR) is 57.2 cm³/mol. The van der Waals surface area contributed by atoms with Crippen LogP contribution in [0.5, 0.6) is 0 Å². The minimum Gasteiger partial charge on any atom is -0.468 e. The molecule has 1 heterocycles. The number of carbonyl (C=O) groups is 1. The van der Waals surface area contributed by atoms with Gasteiger partial charge in [0.25, 0.3) is 0 Å². The van der Waals surface area contributed by atoms with Crippen molar-refractivity contribution in [2.45, 2.75) is 24.3 Å². The van der Waals surface area contributed by atoms with Crippen LogP contribution in [0.2, 0.25) is 0 Å². The fourth-order valence-electron chi connectivity index (χ4n) is 1.82. The van der Waals surface area contributed by atoms with Gasteiger partial charge in [-0.05, 0) is 28.8 Å². The van der Waals surface area contributed by atoms with E-state index in [-0.39, 0.29) is 11.4 Å². The standard InChI is InChI=1S/C9H12BrN3O2/c1-15-8(14)6(11)9(2-3-9)7-5(10)4-12-13-7/h4,6H,2-3,11H2,1H3,(H,12,13). The summed E-state index contributed by atoms with van der Waals surface area (Å²) >= 11 is 3.38. The minimum atomic E-state index is -0.626. The summed E-state index contributed by atoms with van der Waals surface area (Å²) in [4.78, 5) is 11.4. The largest absolute Gasteiger partial charge is 0.468 e. The number of nitrogens with zero attached hydrogens (tertiary/aromatic N) is 1. The lowest BCUT2D eigenvalue weighted by Crippen LogP contribution is -2.43. The number of nitrogens with two attached hydrogens (primary N) is 1. The molecule has 0 amide bonds. The topological polar surface area (TPSA) is 81.0 Å². The Bertz CT molecular complexity index is 386. The van der Waals surface area contributed by atoms with Crippen LogP contribution < -0.4 is 5.73 Å². The first-order chi connectivity index (χ1) is 7.12. The molecule has 1 aromatic heterocycles. The fourth-order valence-corrected chi connectivity index (χ4v) is 2.41. The van der Waals surface area contributed by atoms with E-state index in [1.165, 1.54) is 7.11 Å². The van der Waals surface area contributed by atoms with Gasteiger partial charge in [-0.1, -0.05) is 0 Å². The highest BCUT2D eigenvalue weighted by Gasteiger charge is 2.54. The summed E-state index contributed by atoms with van der Waals surface area (Å²) in [6.07, 6.45) is 3.42. The van der Waals surface area contributed by atoms with Crippen molar-refractivity contribution in [1.29, 1.82) is 0 Å². The number of methoxy groups -OCH3 is 1. The lowest BCUT2D eigenvalue weighted by molar-refractivity contribution is -0.143. The van der Waals surface area contributed by atoms with E-state index >= 15 is 0 Å². The molecular formula is C9H12BrN3O2. The van der Waals surface area contributed by atoms with Crippen molar-refractivity contribution in [3.8, 4) is 0 Å². The zero-order valence-corrected chi connectivity index (χ0v) is 9.87. The second-order valence-electron chi connectivity index (χ2n) is 3.75. The Morgan fingerprint density at radius 1 is 1.80 bits per heavy atom. The molecule has 1 saturated carbocycles. The van der Waals surface area contributed by atoms with Gasteiger partial charge >= 0.3 is 5.97 Å². The van der Waals surface area contributed by atoms with Crippen LogP contribution in [-0.4, -0.2) is 29.3 Å². The van der Waals surface area contributed by atoms with Crippen LogP contribution in [-0.2, 0) is 14.9 Å². The number of ether oxygens (including phenoxy) is 1. The number of hydrogen-bond donors (Lipinski definition) is 2. The van der Waals surface area contributed by atoms with Gasteiger partial charge in [-0.15, -0.1) is 0 Å². The van der Waals surface area contributed by atoms with Crippen LogP contribution in [0.15, 0.2) is 10.7 Å². The predicted octanol–water partition coefficient (Wildman–Crippen LogP) is 0.704. The first-order valence-electron chi connectivity index (χ1n) is 4.64. The summed E-state index contributed by atoms with van der Waals surface area (Å²) < 4.78 is 5.52. The summed E-state index contributed by atoms with van der Waals surface area (Å²) in [7, 11) is 1.35. The summed E-state index contributed by atoms with van der Waals surface area (Å²) in [5.74, 6) is -0.381. The number of rotatable bonds is 3. The molecule has 1 aliphatic rings. The Morgan fingerprint density at radius 2 is 2.47 bits per heavy atom. The molecule has 0 spiro atoms. The van der Waals surface area contributed by atoms with Crippen molar-refractivity contribution < 1.29 is 9.53 Å². The lowest BCUT2D eigenvalue weighted by atomic mass is 9.93. The number of aromatic amines is 1. The summed E-state index contributed by atoms with van der Waals surface area (Å²) in [6.45, 7) is 0. The second kappa shape index (κ2) is 3.61. The van der Waals surface area contributed by atoms with Gasteiger partial charge in [0.2, 0.25) is 0 Å². The molecular weight excluding hydrogens is 262 g/mol. The van der Waals surface area contributed by atoms with Gasteiger partial charge in [-0.3, -0.25) is 9.89 Å². The van der Waals surface area contributed by atoms with Gasteiger partial charge in [0.05, 0.1) is 23.5 Å². The summed E-state index contributed by atoms with van der Waals surface area (Å²) in [6, 6.07) is -0.626. The Kier molecular flexibility index (Phi) is 2.56. The second-order valence-corrected chi connectivity index (χ2v) is 4.60. The van der Waals surface area contributed by atoms with Gasteiger partial charge in [-0.25, -0.2) is 0 Å². The molecule has 1 fully saturated rings. The number of aromatic nitrogens is 2. The van der Waals surface area contributed by atoms with E-state index in [2.05, 4.69) is 30.9 Å². The summed E-state index contributed by atoms with van der Waals surface area (Å²) in [5, 5.41) is 6.80. The minimum absolute atomic E-state index is 0.317. The number of esters is 1. The van der Waals surface area contributed by atoms with E-state index in [0.717, 1.165) is 23.0 Å². The lowest BCUT2D eigenvalue weighted by Gasteiger charge is -2.19. The van der Waals surface area contributed by atoms with Crippen molar-refractivity contribution in [2.24, 2.45) is 5.73 Å². The molecule has 0 radical (unpaired) electrons. The third-order valence-corrected chi connectivity index (χ3v) is 3.53. The Labute approximate surface area is 95.5 Å². The summed E-state index contributed by atoms with van der Waals surface area (Å²) in [5.41, 5.74) is 6.46. The first kappa shape index (κ1) is 10.6. The quantitative estimate of drug-likeness (QED) is 0.795. The molecule has 0 saturated heterocycles. The average Bonchev–Trinajstić information content (AvgIpc) is 2.94. The van der Waals surface area contributed by atoms with E-state index in [9.17, 15) is 4.79 Å². The molecule has 1 aliphatic carbocycles. The Morgan fingerprint density at radius 3 is 2.87 bits per heavy atom. The van der Waals surface area contributed by atoms with Crippen LogP contribution in [0, 0.1) is 0 Å². The molecule has 15 heavy (non-hydrogen) atoms. The van der Waals surface area contributed by atoms with Crippen LogP contribution >= 0.6 is 15.9 Å². The van der Waals surface area contributed by atoms with Crippen LogP contribution in [0.25, 0.3) is 0 Å². The van der Waals surface area contributed by atoms with Crippen LogP contribution in [0.3, 0.4) is 0 Å². The smallest absolute Gasteiger partial charge is 0.323 e. The normalized spacial score (nSPS) is 19.7. The average molecular weight is 274 g/mol. The highest BCUT2D eigenvalue weighted by molar-refractivity contribution is 9.10. The zero-order chi connectivity index (χ0) is 11.1. The molecule has 6 heteroatoms. The molecule has 0 aliphatic heterocycles. The molecule has 0 bridgehead atoms. The third kappa shape index (κ3) is 1.57. The highest BCUT2D eigenvalue weighted by Crippen LogP contribution is 2.51. The number of halogens is 1. The van der Waals surface area contributed by atoms with E-state index in [1.807, 2.05) is 0 Å². The monoisotopic (exact) mass is 273 g/mol. The Balaban J connectivity index is 2.28. The molecule has 2 rings (SSSR count). The SMILES string of the molecule is COC(=O)C(N)C1(c2[nH]ncc2Br)CC1. The Hall–Kier alpha value is -0.880. The first-order valence-corrected chi connectivity index (χ1v) is 5.44. The number of carbonyl (C=O) groups excluding carboxylic acids is 1. The van der Waals surface area contributed by atoms with Gasteiger partial charge in [0.15, 0.2) is 0 Å². The molecule has 0 aromatic carbocycles. The van der Waals surface area contributed by atoms with E-state index in [4.69, 9.17) is 5.73 Å². The molecule has 82 valence electrons. The molecule has 1 atom stereocenters. The van der Waals surface area contributed by atoms with Gasteiger partial charge in [0.1, 0.15) is 6.04 Å². The molecule has 5 nitrogen and oxygen atoms in total. The van der Waals surface area contributed by atoms with E-state index in [1.54, 1.807) is 6.20 Å². The van der Waals surface area contributed by atoms with Crippen molar-refractivity contribution in [3.63, 3.8) is 0 Å². The van der Waals surface area contributed by atoms with Crippen LogP contribution in [0.4, 0.5) is 0 Å². The number of hydrogen-bond acceptors (Lipinski definition) is 4. The van der Waals surface area contributed by atoms with Gasteiger partial charge in [-0.2, -0.15) is 5.10 Å². The molecule has 1 unspecified atom stereocenters. The fraction of sp³-hybridized carbons (Fsp3) is 0.556. The van der Waals surface area contributed by atoms with E-state index < -0.39 is 6.04 Å². The maximum Gasteiger partial charge on any atom is 0.323 e. The van der Waals surface area contributed by atoms with Crippen molar-refractivity contribution >= 4 is 21.9 Å². The molecule has 3 N–H and O–H groups in total. The van der Waals surface area contributed by atoms with Crippen molar-refractivity contribution in [3.05, 3.63) is 16.4 Å². The third-order valence-electron chi connectivity index (χ3n) is 2.93. The number of nitrogens with one attached hydrogen (secondary N) is 1. The maximum atomic E-state index is 11.4. The van der Waals surface area contributed by atoms with Gasteiger partial charge in [0, 0.05) is 5.41 Å².